The predicted molar refractivity (Wildman–Crippen MR) is 36.4 cm³/mol. The summed E-state index contributed by atoms with van der Waals surface area (Å²) in [6, 6.07) is 10.2. The third kappa shape index (κ3) is 1.52. The van der Waals surface area contributed by atoms with E-state index in [4.69, 9.17) is 11.5 Å². The van der Waals surface area contributed by atoms with Crippen LogP contribution in [-0.2, 0) is 0 Å². The van der Waals surface area contributed by atoms with Crippen molar-refractivity contribution in [1.29, 1.82) is 0 Å². The first-order valence-corrected chi connectivity index (χ1v) is 2.78. The molecule has 2 nitrogen and oxygen atoms in total. The van der Waals surface area contributed by atoms with Gasteiger partial charge in [-0.2, -0.15) is 0 Å². The minimum atomic E-state index is -0.373. The van der Waals surface area contributed by atoms with E-state index in [2.05, 4.69) is 6.07 Å². The van der Waals surface area contributed by atoms with Crippen LogP contribution < -0.4 is 11.5 Å². The highest BCUT2D eigenvalue weighted by atomic mass is 14.8. The lowest BCUT2D eigenvalue weighted by Gasteiger charge is -2.02. The van der Waals surface area contributed by atoms with E-state index < -0.39 is 0 Å². The highest BCUT2D eigenvalue weighted by Crippen LogP contribution is 2.01. The van der Waals surface area contributed by atoms with Crippen molar-refractivity contribution < 1.29 is 0 Å². The van der Waals surface area contributed by atoms with Crippen molar-refractivity contribution in [2.75, 3.05) is 0 Å². The second-order valence-corrected chi connectivity index (χ2v) is 1.86. The smallest absolute Gasteiger partial charge is 0.0784 e. The average molecular weight is 121 g/mol. The Bertz CT molecular complexity index is 170. The van der Waals surface area contributed by atoms with Gasteiger partial charge in [0.05, 0.1) is 6.17 Å². The number of nitrogens with two attached hydrogens (primary N) is 2. The Kier molecular flexibility index (Phi) is 1.82. The molecule has 1 radical (unpaired) electrons. The first-order chi connectivity index (χ1) is 4.30. The zero-order valence-corrected chi connectivity index (χ0v) is 5.04. The van der Waals surface area contributed by atoms with Crippen LogP contribution in [0.3, 0.4) is 0 Å². The van der Waals surface area contributed by atoms with Gasteiger partial charge in [0.15, 0.2) is 0 Å². The fraction of sp³-hybridized carbons (Fsp3) is 0.143. The van der Waals surface area contributed by atoms with Crippen LogP contribution in [0.4, 0.5) is 0 Å². The largest absolute Gasteiger partial charge is 0.312 e. The molecule has 0 atom stereocenters. The SMILES string of the molecule is NC(N)c1c[c]ccc1. The molecule has 0 aliphatic heterocycles. The minimum Gasteiger partial charge on any atom is -0.312 e. The fourth-order valence-corrected chi connectivity index (χ4v) is 0.615. The van der Waals surface area contributed by atoms with E-state index >= 15 is 0 Å². The van der Waals surface area contributed by atoms with E-state index in [1.807, 2.05) is 18.2 Å². The molecule has 0 saturated heterocycles. The summed E-state index contributed by atoms with van der Waals surface area (Å²) >= 11 is 0. The molecule has 0 heterocycles. The summed E-state index contributed by atoms with van der Waals surface area (Å²) in [7, 11) is 0. The molecule has 47 valence electrons. The normalized spacial score (nSPS) is 10.1. The van der Waals surface area contributed by atoms with Crippen molar-refractivity contribution in [3.8, 4) is 0 Å². The average Bonchev–Trinajstić information content (AvgIpc) is 1.90. The lowest BCUT2D eigenvalue weighted by Crippen LogP contribution is -2.19. The van der Waals surface area contributed by atoms with Crippen molar-refractivity contribution in [1.82, 2.24) is 0 Å². The molecule has 0 bridgehead atoms. The number of rotatable bonds is 1. The molecule has 4 N–H and O–H groups in total. The number of hydrogen-bond donors (Lipinski definition) is 2. The second kappa shape index (κ2) is 2.62. The molecule has 1 rings (SSSR count). The van der Waals surface area contributed by atoms with Crippen LogP contribution in [0.5, 0.6) is 0 Å². The summed E-state index contributed by atoms with van der Waals surface area (Å²) in [5.74, 6) is 0. The van der Waals surface area contributed by atoms with Crippen molar-refractivity contribution in [3.05, 3.63) is 35.9 Å². The van der Waals surface area contributed by atoms with E-state index in [0.29, 0.717) is 0 Å². The highest BCUT2D eigenvalue weighted by Gasteiger charge is 1.94. The van der Waals surface area contributed by atoms with Gasteiger partial charge in [0.1, 0.15) is 0 Å². The maximum absolute atomic E-state index is 5.37. The van der Waals surface area contributed by atoms with Gasteiger partial charge in [-0.3, -0.25) is 0 Å². The standard InChI is InChI=1S/C7H9N2/c8-7(9)6-4-2-1-3-5-6/h1-2,4-5,7H,8-9H2. The third-order valence-electron chi connectivity index (χ3n) is 1.12. The van der Waals surface area contributed by atoms with Crippen LogP contribution in [-0.4, -0.2) is 0 Å². The Balaban J connectivity index is 2.85. The quantitative estimate of drug-likeness (QED) is 0.528. The molecule has 0 amide bonds. The Morgan fingerprint density at radius 1 is 1.44 bits per heavy atom. The Morgan fingerprint density at radius 3 is 2.56 bits per heavy atom. The molecule has 9 heavy (non-hydrogen) atoms. The summed E-state index contributed by atoms with van der Waals surface area (Å²) in [6.45, 7) is 0. The molecule has 0 fully saturated rings. The van der Waals surface area contributed by atoms with Crippen LogP contribution >= 0.6 is 0 Å². The molecule has 0 aliphatic rings. The van der Waals surface area contributed by atoms with Crippen LogP contribution in [0.25, 0.3) is 0 Å². The van der Waals surface area contributed by atoms with Gasteiger partial charge < -0.3 is 11.5 Å². The molecular weight excluding hydrogens is 112 g/mol. The summed E-state index contributed by atoms with van der Waals surface area (Å²) in [5.41, 5.74) is 11.7. The Labute approximate surface area is 54.5 Å². The van der Waals surface area contributed by atoms with Gasteiger partial charge in [0.2, 0.25) is 0 Å². The van der Waals surface area contributed by atoms with Gasteiger partial charge in [0, 0.05) is 0 Å². The molecule has 0 unspecified atom stereocenters. The summed E-state index contributed by atoms with van der Waals surface area (Å²) in [6.07, 6.45) is -0.373. The summed E-state index contributed by atoms with van der Waals surface area (Å²) < 4.78 is 0. The summed E-state index contributed by atoms with van der Waals surface area (Å²) in [5, 5.41) is 0. The monoisotopic (exact) mass is 121 g/mol. The van der Waals surface area contributed by atoms with E-state index in [0.717, 1.165) is 5.56 Å². The lowest BCUT2D eigenvalue weighted by molar-refractivity contribution is 0.773. The molecule has 1 aromatic rings. The van der Waals surface area contributed by atoms with Crippen LogP contribution in [0.15, 0.2) is 24.3 Å². The van der Waals surface area contributed by atoms with Crippen molar-refractivity contribution in [2.45, 2.75) is 6.17 Å². The summed E-state index contributed by atoms with van der Waals surface area (Å²) in [4.78, 5) is 0. The number of hydrogen-bond acceptors (Lipinski definition) is 2. The van der Waals surface area contributed by atoms with Crippen molar-refractivity contribution >= 4 is 0 Å². The topological polar surface area (TPSA) is 52.0 Å². The maximum Gasteiger partial charge on any atom is 0.0784 e. The fourth-order valence-electron chi connectivity index (χ4n) is 0.615. The zero-order chi connectivity index (χ0) is 6.69. The molecule has 2 heteroatoms. The molecular formula is C7H9N2. The van der Waals surface area contributed by atoms with Gasteiger partial charge >= 0.3 is 0 Å². The van der Waals surface area contributed by atoms with Gasteiger partial charge in [-0.25, -0.2) is 0 Å². The zero-order valence-electron chi connectivity index (χ0n) is 5.04. The van der Waals surface area contributed by atoms with E-state index in [9.17, 15) is 0 Å². The van der Waals surface area contributed by atoms with Gasteiger partial charge in [0.25, 0.3) is 0 Å². The Hall–Kier alpha value is -0.860. The van der Waals surface area contributed by atoms with Crippen molar-refractivity contribution in [2.24, 2.45) is 11.5 Å². The van der Waals surface area contributed by atoms with Gasteiger partial charge in [-0.05, 0) is 17.7 Å². The van der Waals surface area contributed by atoms with Gasteiger partial charge in [-0.1, -0.05) is 18.2 Å². The van der Waals surface area contributed by atoms with E-state index in [-0.39, 0.29) is 6.17 Å². The second-order valence-electron chi connectivity index (χ2n) is 1.86. The predicted octanol–water partition coefficient (Wildman–Crippen LogP) is 0.403. The lowest BCUT2D eigenvalue weighted by atomic mass is 10.2. The molecule has 0 saturated carbocycles. The van der Waals surface area contributed by atoms with Crippen LogP contribution in [0.2, 0.25) is 0 Å². The highest BCUT2D eigenvalue weighted by molar-refractivity contribution is 5.16. The minimum absolute atomic E-state index is 0.373. The first-order valence-electron chi connectivity index (χ1n) is 2.78. The van der Waals surface area contributed by atoms with Crippen LogP contribution in [0, 0.1) is 6.07 Å². The van der Waals surface area contributed by atoms with Crippen molar-refractivity contribution in [3.63, 3.8) is 0 Å². The first kappa shape index (κ1) is 6.26. The van der Waals surface area contributed by atoms with E-state index in [1.54, 1.807) is 6.07 Å². The molecule has 0 aromatic heterocycles. The van der Waals surface area contributed by atoms with Gasteiger partial charge in [-0.15, -0.1) is 0 Å². The molecule has 0 spiro atoms. The maximum atomic E-state index is 5.37. The Morgan fingerprint density at radius 2 is 2.22 bits per heavy atom. The van der Waals surface area contributed by atoms with Crippen LogP contribution in [0.1, 0.15) is 11.7 Å². The molecule has 1 aromatic carbocycles. The number of benzene rings is 1. The van der Waals surface area contributed by atoms with E-state index in [1.165, 1.54) is 0 Å². The molecule has 0 aliphatic carbocycles. The third-order valence-corrected chi connectivity index (χ3v) is 1.12.